The van der Waals surface area contributed by atoms with Crippen LogP contribution in [0.4, 0.5) is 16.2 Å². The lowest BCUT2D eigenvalue weighted by Crippen LogP contribution is -2.54. The van der Waals surface area contributed by atoms with Crippen LogP contribution in [0.2, 0.25) is 0 Å². The molecule has 2 aliphatic rings. The second kappa shape index (κ2) is 8.72. The van der Waals surface area contributed by atoms with Crippen molar-refractivity contribution in [3.05, 3.63) is 89.3 Å². The van der Waals surface area contributed by atoms with Gasteiger partial charge in [-0.1, -0.05) is 36.4 Å². The highest BCUT2D eigenvalue weighted by atomic mass is 16.2. The summed E-state index contributed by atoms with van der Waals surface area (Å²) in [4.78, 5) is 25.0. The molecule has 0 aliphatic carbocycles. The summed E-state index contributed by atoms with van der Waals surface area (Å²) in [6.45, 7) is 13.3. The fourth-order valence-electron chi connectivity index (χ4n) is 5.02. The lowest BCUT2D eigenvalue weighted by molar-refractivity contribution is 0.160. The first-order chi connectivity index (χ1) is 16.1. The number of nitrogens with one attached hydrogen (secondary N) is 1. The third-order valence-electron chi connectivity index (χ3n) is 6.90. The van der Waals surface area contributed by atoms with Crippen LogP contribution in [0.3, 0.4) is 0 Å². The molecule has 7 heteroatoms. The molecule has 0 bridgehead atoms. The molecular formula is C26H28N6O. The smallest absolute Gasteiger partial charge is 0.322 e. The molecule has 168 valence electrons. The van der Waals surface area contributed by atoms with Gasteiger partial charge in [-0.15, -0.1) is 0 Å². The number of piperidine rings is 1. The molecule has 0 saturated carbocycles. The first kappa shape index (κ1) is 21.2. The minimum atomic E-state index is -0.160. The molecule has 3 heterocycles. The highest BCUT2D eigenvalue weighted by Crippen LogP contribution is 2.36. The predicted octanol–water partition coefficient (Wildman–Crippen LogP) is 4.36. The van der Waals surface area contributed by atoms with Crippen LogP contribution < -0.4 is 10.2 Å². The molecule has 1 N–H and O–H groups in total. The van der Waals surface area contributed by atoms with Gasteiger partial charge in [-0.05, 0) is 43.0 Å². The molecule has 0 unspecified atom stereocenters. The van der Waals surface area contributed by atoms with E-state index in [2.05, 4.69) is 43.7 Å². The van der Waals surface area contributed by atoms with Crippen molar-refractivity contribution in [1.82, 2.24) is 19.8 Å². The number of aromatic nitrogens is 2. The van der Waals surface area contributed by atoms with E-state index in [1.165, 1.54) is 5.69 Å². The van der Waals surface area contributed by atoms with E-state index in [1.54, 1.807) is 0 Å². The van der Waals surface area contributed by atoms with Crippen LogP contribution in [-0.2, 0) is 13.1 Å². The Morgan fingerprint density at radius 1 is 1.12 bits per heavy atom. The molecule has 33 heavy (non-hydrogen) atoms. The van der Waals surface area contributed by atoms with E-state index in [4.69, 9.17) is 6.57 Å². The zero-order valence-electron chi connectivity index (χ0n) is 18.9. The fraction of sp³-hybridized carbons (Fsp3) is 0.346. The van der Waals surface area contributed by atoms with Crippen LogP contribution in [0.5, 0.6) is 0 Å². The summed E-state index contributed by atoms with van der Waals surface area (Å²) < 4.78 is 2.18. The van der Waals surface area contributed by atoms with E-state index >= 15 is 0 Å². The summed E-state index contributed by atoms with van der Waals surface area (Å²) in [5, 5.41) is 3.09. The number of anilines is 1. The fourth-order valence-corrected chi connectivity index (χ4v) is 5.02. The largest absolute Gasteiger partial charge is 0.335 e. The van der Waals surface area contributed by atoms with Crippen molar-refractivity contribution >= 4 is 17.4 Å². The summed E-state index contributed by atoms with van der Waals surface area (Å²) in [5.74, 6) is 0. The Balaban J connectivity index is 1.25. The number of hydrogen-bond acceptors (Lipinski definition) is 3. The average Bonchev–Trinajstić information content (AvgIpc) is 3.39. The number of amides is 2. The molecule has 5 rings (SSSR count). The molecule has 1 aromatic heterocycles. The minimum absolute atomic E-state index is 0.0105. The van der Waals surface area contributed by atoms with Gasteiger partial charge < -0.3 is 9.88 Å². The normalized spacial score (nSPS) is 17.8. The van der Waals surface area contributed by atoms with Gasteiger partial charge in [0.15, 0.2) is 5.69 Å². The third kappa shape index (κ3) is 4.22. The average molecular weight is 441 g/mol. The number of aryl methyl sites for hydroxylation is 1. The monoisotopic (exact) mass is 440 g/mol. The number of imidazole rings is 1. The first-order valence-electron chi connectivity index (χ1n) is 11.4. The van der Waals surface area contributed by atoms with Gasteiger partial charge in [0, 0.05) is 44.6 Å². The molecule has 0 radical (unpaired) electrons. The lowest BCUT2D eigenvalue weighted by atomic mass is 9.86. The van der Waals surface area contributed by atoms with Crippen LogP contribution in [0.25, 0.3) is 4.85 Å². The van der Waals surface area contributed by atoms with Gasteiger partial charge >= 0.3 is 6.03 Å². The second-order valence-corrected chi connectivity index (χ2v) is 9.12. The number of carbonyl (C=O) groups is 1. The zero-order chi connectivity index (χ0) is 22.8. The van der Waals surface area contributed by atoms with Crippen molar-refractivity contribution in [3.8, 4) is 0 Å². The molecule has 2 saturated heterocycles. The predicted molar refractivity (Wildman–Crippen MR) is 128 cm³/mol. The number of rotatable bonds is 5. The van der Waals surface area contributed by atoms with E-state index in [9.17, 15) is 4.79 Å². The topological polar surface area (TPSA) is 57.8 Å². The van der Waals surface area contributed by atoms with Crippen molar-refractivity contribution in [1.29, 1.82) is 0 Å². The second-order valence-electron chi connectivity index (χ2n) is 9.12. The molecule has 2 amide bonds. The van der Waals surface area contributed by atoms with Crippen LogP contribution in [0.1, 0.15) is 29.7 Å². The summed E-state index contributed by atoms with van der Waals surface area (Å²) in [6.07, 6.45) is 5.69. The molecule has 2 aromatic carbocycles. The lowest BCUT2D eigenvalue weighted by Gasteiger charge is -2.43. The van der Waals surface area contributed by atoms with E-state index in [-0.39, 0.29) is 11.6 Å². The molecule has 3 aromatic rings. The van der Waals surface area contributed by atoms with E-state index in [1.807, 2.05) is 53.8 Å². The maximum Gasteiger partial charge on any atom is 0.322 e. The summed E-state index contributed by atoms with van der Waals surface area (Å²) in [5.41, 5.74) is 4.98. The van der Waals surface area contributed by atoms with E-state index in [0.29, 0.717) is 12.2 Å². The van der Waals surface area contributed by atoms with Crippen LogP contribution in [-0.4, -0.2) is 45.7 Å². The standard InChI is InChI=1S/C26H28N6O/c1-20-4-3-5-23(14-20)32-25(33)29-18-26(32)10-12-30(13-11-26)17-24-15-28-19-31(24)16-21-6-8-22(27-2)9-7-21/h3-9,14-15,19H,10-13,16-18H2,1H3,(H,29,33). The molecule has 2 aliphatic heterocycles. The number of urea groups is 1. The SMILES string of the molecule is [C-]#[N+]c1ccc(Cn2cncc2CN2CCC3(CC2)CNC(=O)N3c2cccc(C)c2)cc1. The van der Waals surface area contributed by atoms with Crippen molar-refractivity contribution in [3.63, 3.8) is 0 Å². The Morgan fingerprint density at radius 3 is 2.64 bits per heavy atom. The maximum absolute atomic E-state index is 12.7. The van der Waals surface area contributed by atoms with Gasteiger partial charge in [-0.3, -0.25) is 9.80 Å². The Morgan fingerprint density at radius 2 is 1.91 bits per heavy atom. The molecule has 1 spiro atoms. The maximum atomic E-state index is 12.7. The number of nitrogens with zero attached hydrogens (tertiary/aromatic N) is 5. The minimum Gasteiger partial charge on any atom is -0.335 e. The van der Waals surface area contributed by atoms with Crippen LogP contribution in [0, 0.1) is 13.5 Å². The van der Waals surface area contributed by atoms with Crippen molar-refractivity contribution < 1.29 is 4.79 Å². The van der Waals surface area contributed by atoms with Gasteiger partial charge in [0.1, 0.15) is 0 Å². The zero-order valence-corrected chi connectivity index (χ0v) is 18.9. The number of benzene rings is 2. The summed E-state index contributed by atoms with van der Waals surface area (Å²) >= 11 is 0. The van der Waals surface area contributed by atoms with Crippen LogP contribution in [0.15, 0.2) is 61.1 Å². The summed E-state index contributed by atoms with van der Waals surface area (Å²) in [6, 6.07) is 16.0. The van der Waals surface area contributed by atoms with Gasteiger partial charge in [-0.25, -0.2) is 14.6 Å². The van der Waals surface area contributed by atoms with E-state index in [0.717, 1.165) is 55.8 Å². The Bertz CT molecular complexity index is 1180. The summed E-state index contributed by atoms with van der Waals surface area (Å²) in [7, 11) is 0. The third-order valence-corrected chi connectivity index (χ3v) is 6.90. The number of likely N-dealkylation sites (tertiary alicyclic amines) is 1. The first-order valence-corrected chi connectivity index (χ1v) is 11.4. The Hall–Kier alpha value is -3.63. The van der Waals surface area contributed by atoms with Crippen molar-refractivity contribution in [2.75, 3.05) is 24.5 Å². The van der Waals surface area contributed by atoms with Gasteiger partial charge in [0.2, 0.25) is 0 Å². The number of carbonyl (C=O) groups excluding carboxylic acids is 1. The molecule has 0 atom stereocenters. The van der Waals surface area contributed by atoms with Crippen LogP contribution >= 0.6 is 0 Å². The quantitative estimate of drug-likeness (QED) is 0.600. The Labute approximate surface area is 194 Å². The van der Waals surface area contributed by atoms with Gasteiger partial charge in [-0.2, -0.15) is 0 Å². The van der Waals surface area contributed by atoms with Crippen molar-refractivity contribution in [2.45, 2.75) is 38.4 Å². The Kier molecular flexibility index (Phi) is 5.61. The van der Waals surface area contributed by atoms with Crippen molar-refractivity contribution in [2.24, 2.45) is 0 Å². The highest BCUT2D eigenvalue weighted by molar-refractivity contribution is 5.96. The number of hydrogen-bond donors (Lipinski definition) is 1. The highest BCUT2D eigenvalue weighted by Gasteiger charge is 2.47. The van der Waals surface area contributed by atoms with Gasteiger partial charge in [0.25, 0.3) is 0 Å². The van der Waals surface area contributed by atoms with Gasteiger partial charge in [0.05, 0.1) is 24.1 Å². The molecule has 7 nitrogen and oxygen atoms in total. The molecule has 2 fully saturated rings. The molecular weight excluding hydrogens is 412 g/mol. The van der Waals surface area contributed by atoms with E-state index < -0.39 is 0 Å².